The molecule has 10 heteroatoms. The Labute approximate surface area is 127 Å². The number of nitrogens with zero attached hydrogens (tertiary/aromatic N) is 1. The van der Waals surface area contributed by atoms with Gasteiger partial charge in [-0.2, -0.15) is 13.2 Å². The Morgan fingerprint density at radius 3 is 2.57 bits per heavy atom. The number of carbonyl (C=O) groups is 3. The van der Waals surface area contributed by atoms with Gasteiger partial charge in [-0.15, -0.1) is 0 Å². The van der Waals surface area contributed by atoms with Crippen molar-refractivity contribution in [1.29, 1.82) is 0 Å². The van der Waals surface area contributed by atoms with E-state index in [1.54, 1.807) is 0 Å². The molecule has 1 aliphatic rings. The summed E-state index contributed by atoms with van der Waals surface area (Å²) in [5, 5.41) is 4.54. The lowest BCUT2D eigenvalue weighted by atomic mass is 10.1. The zero-order valence-corrected chi connectivity index (χ0v) is 11.5. The molecule has 0 saturated carbocycles. The number of hydrogen-bond donors (Lipinski definition) is 2. The summed E-state index contributed by atoms with van der Waals surface area (Å²) in [6, 6.07) is 1.26. The number of hydrogen-bond acceptors (Lipinski definition) is 3. The Balaban J connectivity index is 1.99. The number of carbonyl (C=O) groups excluding carboxylic acids is 3. The summed E-state index contributed by atoms with van der Waals surface area (Å²) in [5.41, 5.74) is -1.92. The van der Waals surface area contributed by atoms with Crippen LogP contribution in [0.5, 0.6) is 0 Å². The van der Waals surface area contributed by atoms with E-state index in [-0.39, 0.29) is 25.2 Å². The molecule has 0 aliphatic carbocycles. The fourth-order valence-corrected chi connectivity index (χ4v) is 1.95. The first-order valence-electron chi connectivity index (χ1n) is 6.43. The monoisotopic (exact) mass is 333 g/mol. The third-order valence-corrected chi connectivity index (χ3v) is 3.09. The van der Waals surface area contributed by atoms with Crippen molar-refractivity contribution in [2.45, 2.75) is 6.18 Å². The maximum atomic E-state index is 13.1. The number of urea groups is 1. The zero-order chi connectivity index (χ0) is 17.2. The van der Waals surface area contributed by atoms with Crippen LogP contribution in [0.15, 0.2) is 18.2 Å². The second-order valence-corrected chi connectivity index (χ2v) is 4.65. The van der Waals surface area contributed by atoms with Crippen molar-refractivity contribution in [2.75, 3.05) is 19.6 Å². The number of halogens is 4. The second-order valence-electron chi connectivity index (χ2n) is 4.65. The summed E-state index contributed by atoms with van der Waals surface area (Å²) in [5.74, 6) is -2.82. The van der Waals surface area contributed by atoms with Gasteiger partial charge in [0.05, 0.1) is 12.1 Å². The summed E-state index contributed by atoms with van der Waals surface area (Å²) >= 11 is 0. The molecule has 4 amide bonds. The molecule has 0 spiro atoms. The summed E-state index contributed by atoms with van der Waals surface area (Å²) < 4.78 is 50.9. The molecule has 6 nitrogen and oxygen atoms in total. The van der Waals surface area contributed by atoms with E-state index in [2.05, 4.69) is 10.6 Å². The molecule has 0 aromatic heterocycles. The molecule has 0 bridgehead atoms. The molecule has 124 valence electrons. The molecular formula is C13H11F4N3O3. The molecule has 2 rings (SSSR count). The van der Waals surface area contributed by atoms with Crippen LogP contribution in [0.4, 0.5) is 22.4 Å². The van der Waals surface area contributed by atoms with Gasteiger partial charge in [-0.25, -0.2) is 9.18 Å². The van der Waals surface area contributed by atoms with Crippen molar-refractivity contribution >= 4 is 17.8 Å². The van der Waals surface area contributed by atoms with Crippen molar-refractivity contribution in [3.05, 3.63) is 35.1 Å². The fraction of sp³-hybridized carbons (Fsp3) is 0.308. The quantitative estimate of drug-likeness (QED) is 0.640. The molecule has 0 atom stereocenters. The fourth-order valence-electron chi connectivity index (χ4n) is 1.95. The van der Waals surface area contributed by atoms with Gasteiger partial charge in [0.25, 0.3) is 5.91 Å². The van der Waals surface area contributed by atoms with E-state index in [1.807, 2.05) is 0 Å². The van der Waals surface area contributed by atoms with E-state index in [0.717, 1.165) is 11.0 Å². The van der Waals surface area contributed by atoms with Gasteiger partial charge in [-0.05, 0) is 18.2 Å². The highest BCUT2D eigenvalue weighted by molar-refractivity contribution is 6.02. The van der Waals surface area contributed by atoms with E-state index in [9.17, 15) is 31.9 Å². The highest BCUT2D eigenvalue weighted by atomic mass is 19.4. The lowest BCUT2D eigenvalue weighted by Gasteiger charge is -2.13. The Morgan fingerprint density at radius 2 is 2.00 bits per heavy atom. The summed E-state index contributed by atoms with van der Waals surface area (Å²) in [6.07, 6.45) is -4.92. The lowest BCUT2D eigenvalue weighted by molar-refractivity contribution is -0.140. The van der Waals surface area contributed by atoms with Crippen LogP contribution in [0.2, 0.25) is 0 Å². The van der Waals surface area contributed by atoms with E-state index < -0.39 is 35.4 Å². The molecule has 1 aromatic rings. The number of amides is 4. The predicted octanol–water partition coefficient (Wildman–Crippen LogP) is 1.13. The van der Waals surface area contributed by atoms with Crippen LogP contribution in [-0.2, 0) is 11.0 Å². The summed E-state index contributed by atoms with van der Waals surface area (Å²) in [6.45, 7) is -0.403. The van der Waals surface area contributed by atoms with Crippen LogP contribution in [0, 0.1) is 5.82 Å². The first kappa shape index (κ1) is 16.7. The Kier molecular flexibility index (Phi) is 4.52. The van der Waals surface area contributed by atoms with Crippen LogP contribution in [0.1, 0.15) is 15.9 Å². The minimum Gasteiger partial charge on any atom is -0.350 e. The summed E-state index contributed by atoms with van der Waals surface area (Å²) in [4.78, 5) is 35.2. The lowest BCUT2D eigenvalue weighted by Crippen LogP contribution is -2.38. The highest BCUT2D eigenvalue weighted by Crippen LogP contribution is 2.31. The van der Waals surface area contributed by atoms with E-state index in [1.165, 1.54) is 0 Å². The minimum absolute atomic E-state index is 0.121. The van der Waals surface area contributed by atoms with E-state index in [4.69, 9.17) is 0 Å². The zero-order valence-electron chi connectivity index (χ0n) is 11.5. The smallest absolute Gasteiger partial charge is 0.350 e. The Bertz CT molecular complexity index is 644. The molecule has 0 unspecified atom stereocenters. The molecule has 1 aromatic carbocycles. The van der Waals surface area contributed by atoms with Crippen LogP contribution < -0.4 is 10.6 Å². The maximum Gasteiger partial charge on any atom is 0.419 e. The Hall–Kier alpha value is -2.65. The molecule has 1 fully saturated rings. The van der Waals surface area contributed by atoms with Gasteiger partial charge in [0.2, 0.25) is 5.91 Å². The SMILES string of the molecule is O=C(NCCN1C(=O)CNC1=O)c1ccc(F)c(C(F)(F)F)c1. The second kappa shape index (κ2) is 6.23. The Morgan fingerprint density at radius 1 is 1.30 bits per heavy atom. The topological polar surface area (TPSA) is 78.5 Å². The average Bonchev–Trinajstić information content (AvgIpc) is 2.78. The van der Waals surface area contributed by atoms with Gasteiger partial charge < -0.3 is 10.6 Å². The van der Waals surface area contributed by atoms with Gasteiger partial charge in [0.1, 0.15) is 5.82 Å². The van der Waals surface area contributed by atoms with Crippen molar-refractivity contribution in [3.63, 3.8) is 0 Å². The van der Waals surface area contributed by atoms with Gasteiger partial charge in [-0.1, -0.05) is 0 Å². The average molecular weight is 333 g/mol. The molecule has 0 radical (unpaired) electrons. The third-order valence-electron chi connectivity index (χ3n) is 3.09. The largest absolute Gasteiger partial charge is 0.419 e. The number of imide groups is 1. The van der Waals surface area contributed by atoms with Crippen LogP contribution in [0.25, 0.3) is 0 Å². The van der Waals surface area contributed by atoms with Gasteiger partial charge in [0.15, 0.2) is 0 Å². The van der Waals surface area contributed by atoms with Crippen molar-refractivity contribution in [2.24, 2.45) is 0 Å². The molecule has 23 heavy (non-hydrogen) atoms. The molecule has 1 heterocycles. The number of nitrogens with one attached hydrogen (secondary N) is 2. The maximum absolute atomic E-state index is 13.1. The molecule has 1 aliphatic heterocycles. The predicted molar refractivity (Wildman–Crippen MR) is 68.8 cm³/mol. The van der Waals surface area contributed by atoms with E-state index >= 15 is 0 Å². The van der Waals surface area contributed by atoms with Crippen molar-refractivity contribution in [1.82, 2.24) is 15.5 Å². The van der Waals surface area contributed by atoms with Crippen LogP contribution in [-0.4, -0.2) is 42.4 Å². The molecule has 1 saturated heterocycles. The normalized spacial score (nSPS) is 14.9. The third kappa shape index (κ3) is 3.76. The standard InChI is InChI=1S/C13H11F4N3O3/c14-9-2-1-7(5-8(9)13(15,16)17)11(22)18-3-4-20-10(21)6-19-12(20)23/h1-2,5H,3-4,6H2,(H,18,22)(H,19,23). The number of rotatable bonds is 4. The van der Waals surface area contributed by atoms with Crippen LogP contribution >= 0.6 is 0 Å². The summed E-state index contributed by atoms with van der Waals surface area (Å²) in [7, 11) is 0. The minimum atomic E-state index is -4.92. The molecule has 2 N–H and O–H groups in total. The van der Waals surface area contributed by atoms with Gasteiger partial charge >= 0.3 is 12.2 Å². The van der Waals surface area contributed by atoms with Crippen LogP contribution in [0.3, 0.4) is 0 Å². The number of benzene rings is 1. The van der Waals surface area contributed by atoms with Crippen molar-refractivity contribution in [3.8, 4) is 0 Å². The van der Waals surface area contributed by atoms with Gasteiger partial charge in [-0.3, -0.25) is 14.5 Å². The highest BCUT2D eigenvalue weighted by Gasteiger charge is 2.34. The number of alkyl halides is 3. The van der Waals surface area contributed by atoms with Gasteiger partial charge in [0, 0.05) is 18.7 Å². The molecular weight excluding hydrogens is 322 g/mol. The first-order valence-corrected chi connectivity index (χ1v) is 6.43. The first-order chi connectivity index (χ1) is 10.7. The van der Waals surface area contributed by atoms with Crippen molar-refractivity contribution < 1.29 is 31.9 Å². The van der Waals surface area contributed by atoms with E-state index in [0.29, 0.717) is 12.1 Å².